The molecule has 0 saturated heterocycles. The van der Waals surface area contributed by atoms with Crippen LogP contribution in [-0.2, 0) is 11.3 Å². The standard InChI is InChI=1S/C14H23N3O3/c1-10(2)8-15-14(19)16-13(18)11(3)17(4)9-12-6-5-7-20-12/h5-7,10-11H,8-9H2,1-4H3,(H2,15,16,18,19). The number of rotatable bonds is 6. The van der Waals surface area contributed by atoms with E-state index in [-0.39, 0.29) is 5.91 Å². The highest BCUT2D eigenvalue weighted by Gasteiger charge is 2.20. The van der Waals surface area contributed by atoms with Gasteiger partial charge >= 0.3 is 6.03 Å². The zero-order valence-corrected chi connectivity index (χ0v) is 12.5. The second-order valence-corrected chi connectivity index (χ2v) is 5.26. The van der Waals surface area contributed by atoms with Crippen LogP contribution in [0.2, 0.25) is 0 Å². The van der Waals surface area contributed by atoms with E-state index in [0.717, 1.165) is 5.76 Å². The first-order valence-corrected chi connectivity index (χ1v) is 6.71. The van der Waals surface area contributed by atoms with Crippen LogP contribution in [0.15, 0.2) is 22.8 Å². The Hall–Kier alpha value is -1.82. The van der Waals surface area contributed by atoms with Crippen LogP contribution in [0.5, 0.6) is 0 Å². The lowest BCUT2D eigenvalue weighted by molar-refractivity contribution is -0.124. The lowest BCUT2D eigenvalue weighted by atomic mass is 10.2. The Balaban J connectivity index is 2.39. The fourth-order valence-corrected chi connectivity index (χ4v) is 1.54. The maximum atomic E-state index is 11.9. The Morgan fingerprint density at radius 3 is 2.60 bits per heavy atom. The second kappa shape index (κ2) is 7.69. The summed E-state index contributed by atoms with van der Waals surface area (Å²) in [6, 6.07) is 2.76. The zero-order chi connectivity index (χ0) is 15.1. The van der Waals surface area contributed by atoms with Crippen LogP contribution in [0.4, 0.5) is 4.79 Å². The van der Waals surface area contributed by atoms with Gasteiger partial charge in [-0.1, -0.05) is 13.8 Å². The Kier molecular flexibility index (Phi) is 6.24. The molecule has 1 aromatic heterocycles. The molecule has 1 atom stereocenters. The zero-order valence-electron chi connectivity index (χ0n) is 12.5. The van der Waals surface area contributed by atoms with Crippen molar-refractivity contribution in [1.29, 1.82) is 0 Å². The van der Waals surface area contributed by atoms with E-state index in [0.29, 0.717) is 19.0 Å². The van der Waals surface area contributed by atoms with Crippen LogP contribution in [0, 0.1) is 5.92 Å². The fourth-order valence-electron chi connectivity index (χ4n) is 1.54. The van der Waals surface area contributed by atoms with Gasteiger partial charge in [0.1, 0.15) is 5.76 Å². The predicted octanol–water partition coefficient (Wildman–Crippen LogP) is 1.58. The van der Waals surface area contributed by atoms with E-state index >= 15 is 0 Å². The predicted molar refractivity (Wildman–Crippen MR) is 76.0 cm³/mol. The van der Waals surface area contributed by atoms with Gasteiger partial charge in [-0.05, 0) is 32.0 Å². The third-order valence-corrected chi connectivity index (χ3v) is 2.93. The molecule has 6 nitrogen and oxygen atoms in total. The quantitative estimate of drug-likeness (QED) is 0.830. The number of likely N-dealkylation sites (N-methyl/N-ethyl adjacent to an activating group) is 1. The maximum Gasteiger partial charge on any atom is 0.321 e. The average Bonchev–Trinajstić information content (AvgIpc) is 2.88. The van der Waals surface area contributed by atoms with Gasteiger partial charge in [0.25, 0.3) is 0 Å². The molecule has 0 aliphatic carbocycles. The van der Waals surface area contributed by atoms with E-state index < -0.39 is 12.1 Å². The smallest absolute Gasteiger partial charge is 0.321 e. The van der Waals surface area contributed by atoms with Crippen LogP contribution in [0.3, 0.4) is 0 Å². The van der Waals surface area contributed by atoms with E-state index in [4.69, 9.17) is 4.42 Å². The van der Waals surface area contributed by atoms with Gasteiger partial charge in [-0.3, -0.25) is 15.0 Å². The van der Waals surface area contributed by atoms with Crippen LogP contribution >= 0.6 is 0 Å². The minimum Gasteiger partial charge on any atom is -0.468 e. The fraction of sp³-hybridized carbons (Fsp3) is 0.571. The molecule has 3 amide bonds. The van der Waals surface area contributed by atoms with Gasteiger partial charge in [-0.15, -0.1) is 0 Å². The van der Waals surface area contributed by atoms with Crippen molar-refractivity contribution in [1.82, 2.24) is 15.5 Å². The number of carbonyl (C=O) groups is 2. The molecule has 0 radical (unpaired) electrons. The highest BCUT2D eigenvalue weighted by atomic mass is 16.3. The van der Waals surface area contributed by atoms with Crippen molar-refractivity contribution >= 4 is 11.9 Å². The Morgan fingerprint density at radius 1 is 1.35 bits per heavy atom. The molecular formula is C14H23N3O3. The van der Waals surface area contributed by atoms with Crippen LogP contribution in [0.1, 0.15) is 26.5 Å². The minimum absolute atomic E-state index is 0.333. The first-order valence-electron chi connectivity index (χ1n) is 6.71. The van der Waals surface area contributed by atoms with Crippen LogP contribution in [-0.4, -0.2) is 36.5 Å². The molecule has 0 saturated carbocycles. The van der Waals surface area contributed by atoms with Gasteiger partial charge in [0, 0.05) is 6.54 Å². The largest absolute Gasteiger partial charge is 0.468 e. The van der Waals surface area contributed by atoms with Gasteiger partial charge in [0.15, 0.2) is 0 Å². The Bertz CT molecular complexity index is 429. The Labute approximate surface area is 119 Å². The summed E-state index contributed by atoms with van der Waals surface area (Å²) in [6.45, 7) is 6.77. The van der Waals surface area contributed by atoms with Crippen molar-refractivity contribution in [2.75, 3.05) is 13.6 Å². The number of hydrogen-bond donors (Lipinski definition) is 2. The SMILES string of the molecule is CC(C)CNC(=O)NC(=O)C(C)N(C)Cc1ccco1. The average molecular weight is 281 g/mol. The topological polar surface area (TPSA) is 74.6 Å². The molecule has 112 valence electrons. The summed E-state index contributed by atoms with van der Waals surface area (Å²) < 4.78 is 5.23. The van der Waals surface area contributed by atoms with Crippen LogP contribution < -0.4 is 10.6 Å². The summed E-state index contributed by atoms with van der Waals surface area (Å²) in [7, 11) is 1.80. The first kappa shape index (κ1) is 16.2. The highest BCUT2D eigenvalue weighted by molar-refractivity contribution is 5.96. The number of nitrogens with zero attached hydrogens (tertiary/aromatic N) is 1. The normalized spacial score (nSPS) is 12.5. The second-order valence-electron chi connectivity index (χ2n) is 5.26. The molecule has 1 aromatic rings. The lowest BCUT2D eigenvalue weighted by Crippen LogP contribution is -2.48. The van der Waals surface area contributed by atoms with Crippen molar-refractivity contribution in [3.63, 3.8) is 0 Å². The highest BCUT2D eigenvalue weighted by Crippen LogP contribution is 2.06. The van der Waals surface area contributed by atoms with Crippen molar-refractivity contribution in [2.24, 2.45) is 5.92 Å². The van der Waals surface area contributed by atoms with E-state index in [1.807, 2.05) is 24.8 Å². The monoisotopic (exact) mass is 281 g/mol. The summed E-state index contributed by atoms with van der Waals surface area (Å²) in [5.41, 5.74) is 0. The number of urea groups is 1. The van der Waals surface area contributed by atoms with Gasteiger partial charge in [0.05, 0.1) is 18.8 Å². The number of imide groups is 1. The summed E-state index contributed by atoms with van der Waals surface area (Å²) >= 11 is 0. The minimum atomic E-state index is -0.457. The Morgan fingerprint density at radius 2 is 2.05 bits per heavy atom. The third-order valence-electron chi connectivity index (χ3n) is 2.93. The third kappa shape index (κ3) is 5.44. The molecule has 1 unspecified atom stereocenters. The van der Waals surface area contributed by atoms with E-state index in [1.165, 1.54) is 0 Å². The van der Waals surface area contributed by atoms with Crippen molar-refractivity contribution in [2.45, 2.75) is 33.4 Å². The molecule has 20 heavy (non-hydrogen) atoms. The van der Waals surface area contributed by atoms with Crippen molar-refractivity contribution < 1.29 is 14.0 Å². The number of nitrogens with one attached hydrogen (secondary N) is 2. The van der Waals surface area contributed by atoms with E-state index in [2.05, 4.69) is 10.6 Å². The number of amides is 3. The maximum absolute atomic E-state index is 11.9. The summed E-state index contributed by atoms with van der Waals surface area (Å²) in [5, 5.41) is 4.98. The molecular weight excluding hydrogens is 258 g/mol. The number of furan rings is 1. The summed E-state index contributed by atoms with van der Waals surface area (Å²) in [6.07, 6.45) is 1.59. The van der Waals surface area contributed by atoms with Crippen LogP contribution in [0.25, 0.3) is 0 Å². The van der Waals surface area contributed by atoms with Gasteiger partial charge in [0.2, 0.25) is 5.91 Å². The van der Waals surface area contributed by atoms with Crippen molar-refractivity contribution in [3.8, 4) is 0 Å². The molecule has 1 rings (SSSR count). The van der Waals surface area contributed by atoms with Crippen molar-refractivity contribution in [3.05, 3.63) is 24.2 Å². The molecule has 0 aromatic carbocycles. The molecule has 0 bridgehead atoms. The van der Waals surface area contributed by atoms with E-state index in [1.54, 1.807) is 26.3 Å². The van der Waals surface area contributed by atoms with Gasteiger partial charge in [-0.25, -0.2) is 4.79 Å². The number of hydrogen-bond acceptors (Lipinski definition) is 4. The molecule has 0 aliphatic rings. The number of carbonyl (C=O) groups excluding carboxylic acids is 2. The molecule has 2 N–H and O–H groups in total. The molecule has 0 spiro atoms. The molecule has 0 aliphatic heterocycles. The molecule has 6 heteroatoms. The molecule has 1 heterocycles. The van der Waals surface area contributed by atoms with E-state index in [9.17, 15) is 9.59 Å². The summed E-state index contributed by atoms with van der Waals surface area (Å²) in [5.74, 6) is 0.784. The first-order chi connectivity index (χ1) is 9.40. The lowest BCUT2D eigenvalue weighted by Gasteiger charge is -2.22. The van der Waals surface area contributed by atoms with Gasteiger partial charge in [-0.2, -0.15) is 0 Å². The summed E-state index contributed by atoms with van der Waals surface area (Å²) in [4.78, 5) is 25.3. The molecule has 0 fully saturated rings. The van der Waals surface area contributed by atoms with Gasteiger partial charge < -0.3 is 9.73 Å².